The van der Waals surface area contributed by atoms with Crippen LogP contribution in [0.5, 0.6) is 5.75 Å². The molecule has 3 unspecified atom stereocenters. The van der Waals surface area contributed by atoms with Crippen LogP contribution < -0.4 is 4.74 Å². The van der Waals surface area contributed by atoms with Gasteiger partial charge < -0.3 is 9.64 Å². The fourth-order valence-corrected chi connectivity index (χ4v) is 4.30. The average Bonchev–Trinajstić information content (AvgIpc) is 2.69. The highest BCUT2D eigenvalue weighted by atomic mass is 35.5. The number of piperidine rings is 1. The first-order chi connectivity index (χ1) is 14.2. The van der Waals surface area contributed by atoms with Gasteiger partial charge in [0.25, 0.3) is 5.91 Å². The fraction of sp³-hybridized carbons (Fsp3) is 0.429. The Labute approximate surface area is 177 Å². The van der Waals surface area contributed by atoms with Gasteiger partial charge >= 0.3 is 6.18 Å². The zero-order chi connectivity index (χ0) is 21.5. The van der Waals surface area contributed by atoms with Crippen molar-refractivity contribution in [3.05, 3.63) is 58.9 Å². The third-order valence-corrected chi connectivity index (χ3v) is 5.85. The molecule has 9 heteroatoms. The Morgan fingerprint density at radius 3 is 2.53 bits per heavy atom. The lowest BCUT2D eigenvalue weighted by Crippen LogP contribution is -2.71. The number of piperazine rings is 1. The molecule has 0 spiro atoms. The molecule has 3 aliphatic rings. The summed E-state index contributed by atoms with van der Waals surface area (Å²) >= 11 is 6.10. The van der Waals surface area contributed by atoms with Crippen LogP contribution in [-0.2, 0) is 17.5 Å². The number of ether oxygens (including phenoxy) is 1. The molecule has 2 bridgehead atoms. The van der Waals surface area contributed by atoms with Gasteiger partial charge in [-0.3, -0.25) is 14.7 Å². The van der Waals surface area contributed by atoms with Crippen LogP contribution in [0.3, 0.4) is 0 Å². The number of para-hydroxylation sites is 1. The first-order valence-corrected chi connectivity index (χ1v) is 10.1. The summed E-state index contributed by atoms with van der Waals surface area (Å²) in [5.74, 6) is 0.397. The van der Waals surface area contributed by atoms with Gasteiger partial charge in [-0.05, 0) is 37.1 Å². The minimum atomic E-state index is -4.44. The molecule has 3 aliphatic heterocycles. The number of hydrogen-bond acceptors (Lipinski definition) is 4. The van der Waals surface area contributed by atoms with E-state index in [2.05, 4.69) is 9.88 Å². The molecule has 5 rings (SSSR count). The molecule has 0 saturated carbocycles. The van der Waals surface area contributed by atoms with Crippen LogP contribution in [0.25, 0.3) is 0 Å². The number of amides is 1. The Morgan fingerprint density at radius 1 is 1.23 bits per heavy atom. The Kier molecular flexibility index (Phi) is 5.63. The summed E-state index contributed by atoms with van der Waals surface area (Å²) < 4.78 is 43.7. The number of fused-ring (bicyclic) bond motifs is 2. The van der Waals surface area contributed by atoms with E-state index in [4.69, 9.17) is 16.3 Å². The molecule has 1 amide bonds. The van der Waals surface area contributed by atoms with Crippen molar-refractivity contribution in [2.45, 2.75) is 44.3 Å². The Morgan fingerprint density at radius 2 is 1.93 bits per heavy atom. The second-order valence-electron chi connectivity index (χ2n) is 7.72. The van der Waals surface area contributed by atoms with Gasteiger partial charge in [-0.2, -0.15) is 13.2 Å². The van der Waals surface area contributed by atoms with Crippen molar-refractivity contribution in [1.82, 2.24) is 14.8 Å². The third-order valence-electron chi connectivity index (χ3n) is 5.53. The largest absolute Gasteiger partial charge is 0.479 e. The normalized spacial score (nSPS) is 22.4. The summed E-state index contributed by atoms with van der Waals surface area (Å²) in [6.45, 7) is 3.56. The molecule has 0 aliphatic carbocycles. The Hall–Kier alpha value is -2.32. The summed E-state index contributed by atoms with van der Waals surface area (Å²) in [7, 11) is 0. The molecule has 3 saturated heterocycles. The molecule has 30 heavy (non-hydrogen) atoms. The smallest absolute Gasteiger partial charge is 0.433 e. The van der Waals surface area contributed by atoms with Gasteiger partial charge in [-0.25, -0.2) is 0 Å². The van der Waals surface area contributed by atoms with Crippen molar-refractivity contribution in [3.63, 3.8) is 0 Å². The van der Waals surface area contributed by atoms with Gasteiger partial charge in [0.2, 0.25) is 0 Å². The number of rotatable bonds is 5. The summed E-state index contributed by atoms with van der Waals surface area (Å²) in [5.41, 5.74) is -0.172. The van der Waals surface area contributed by atoms with Crippen LogP contribution in [0, 0.1) is 0 Å². The second kappa shape index (κ2) is 8.07. The molecule has 0 N–H and O–H groups in total. The van der Waals surface area contributed by atoms with E-state index in [-0.39, 0.29) is 18.0 Å². The predicted molar refractivity (Wildman–Crippen MR) is 105 cm³/mol. The number of nitrogens with zero attached hydrogens (tertiary/aromatic N) is 3. The maximum atomic E-state index is 12.9. The highest BCUT2D eigenvalue weighted by Gasteiger charge is 2.48. The standard InChI is InChI=1S/C21H21ClF3N3O2/c1-13(30-18-5-3-2-4-17(18)22)20(29)28-15-8-16(28)12-27(11-15)10-14-6-7-19(26-9-14)21(23,24)25/h2-7,9,13,15-16H,8,10-12H2,1H3. The van der Waals surface area contributed by atoms with Crippen molar-refractivity contribution in [2.24, 2.45) is 0 Å². The van der Waals surface area contributed by atoms with Crippen molar-refractivity contribution in [1.29, 1.82) is 0 Å². The number of benzene rings is 1. The molecule has 3 atom stereocenters. The third kappa shape index (κ3) is 4.25. The van der Waals surface area contributed by atoms with E-state index in [0.717, 1.165) is 18.1 Å². The van der Waals surface area contributed by atoms with Crippen LogP contribution in [0.1, 0.15) is 24.6 Å². The maximum absolute atomic E-state index is 12.9. The maximum Gasteiger partial charge on any atom is 0.433 e. The van der Waals surface area contributed by atoms with Crippen LogP contribution in [0.2, 0.25) is 5.02 Å². The molecule has 2 aromatic rings. The highest BCUT2D eigenvalue weighted by molar-refractivity contribution is 6.32. The number of carbonyl (C=O) groups is 1. The predicted octanol–water partition coefficient (Wildman–Crippen LogP) is 4.01. The molecule has 160 valence electrons. The van der Waals surface area contributed by atoms with Crippen molar-refractivity contribution >= 4 is 17.5 Å². The summed E-state index contributed by atoms with van der Waals surface area (Å²) in [4.78, 5) is 20.4. The number of halogens is 4. The lowest BCUT2D eigenvalue weighted by Gasteiger charge is -2.56. The van der Waals surface area contributed by atoms with Gasteiger partial charge in [0.15, 0.2) is 6.10 Å². The summed E-state index contributed by atoms with van der Waals surface area (Å²) in [6, 6.07) is 9.64. The van der Waals surface area contributed by atoms with E-state index in [9.17, 15) is 18.0 Å². The Bertz CT molecular complexity index is 910. The number of carbonyl (C=O) groups excluding carboxylic acids is 1. The van der Waals surface area contributed by atoms with Gasteiger partial charge in [-0.15, -0.1) is 0 Å². The van der Waals surface area contributed by atoms with Gasteiger partial charge in [0.1, 0.15) is 11.4 Å². The lowest BCUT2D eigenvalue weighted by atomic mass is 9.86. The van der Waals surface area contributed by atoms with E-state index in [1.165, 1.54) is 12.3 Å². The van der Waals surface area contributed by atoms with E-state index in [1.807, 2.05) is 4.90 Å². The lowest BCUT2D eigenvalue weighted by molar-refractivity contribution is -0.161. The van der Waals surface area contributed by atoms with Gasteiger partial charge in [0, 0.05) is 37.9 Å². The zero-order valence-corrected chi connectivity index (χ0v) is 17.0. The van der Waals surface area contributed by atoms with Crippen LogP contribution >= 0.6 is 11.6 Å². The molecular weight excluding hydrogens is 419 g/mol. The van der Waals surface area contributed by atoms with E-state index >= 15 is 0 Å². The van der Waals surface area contributed by atoms with Crippen LogP contribution in [0.4, 0.5) is 13.2 Å². The SMILES string of the molecule is CC(Oc1ccccc1Cl)C(=O)N1C2CC1CN(Cc1ccc(C(F)(F)F)nc1)C2. The van der Waals surface area contributed by atoms with Crippen LogP contribution in [-0.4, -0.2) is 52.0 Å². The van der Waals surface area contributed by atoms with E-state index < -0.39 is 18.0 Å². The second-order valence-corrected chi connectivity index (χ2v) is 8.13. The van der Waals surface area contributed by atoms with Crippen molar-refractivity contribution in [3.8, 4) is 5.75 Å². The van der Waals surface area contributed by atoms with Crippen molar-refractivity contribution < 1.29 is 22.7 Å². The zero-order valence-electron chi connectivity index (χ0n) is 16.3. The number of alkyl halides is 3. The molecule has 0 radical (unpaired) electrons. The minimum Gasteiger partial charge on any atom is -0.479 e. The topological polar surface area (TPSA) is 45.7 Å². The molecular formula is C21H21ClF3N3O2. The van der Waals surface area contributed by atoms with Gasteiger partial charge in [-0.1, -0.05) is 29.8 Å². The fourth-order valence-electron chi connectivity index (χ4n) is 4.12. The summed E-state index contributed by atoms with van der Waals surface area (Å²) in [5, 5.41) is 0.456. The first-order valence-electron chi connectivity index (χ1n) is 9.70. The molecule has 1 aromatic heterocycles. The molecule has 5 nitrogen and oxygen atoms in total. The molecule has 1 aromatic carbocycles. The number of aromatic nitrogens is 1. The first kappa shape index (κ1) is 20.9. The molecule has 4 heterocycles. The van der Waals surface area contributed by atoms with Crippen molar-refractivity contribution in [2.75, 3.05) is 13.1 Å². The number of hydrogen-bond donors (Lipinski definition) is 0. The molecule has 3 fully saturated rings. The number of pyridine rings is 1. The van der Waals surface area contributed by atoms with Crippen LogP contribution in [0.15, 0.2) is 42.6 Å². The quantitative estimate of drug-likeness (QED) is 0.706. The summed E-state index contributed by atoms with van der Waals surface area (Å²) in [6.07, 6.45) is -2.90. The average molecular weight is 440 g/mol. The van der Waals surface area contributed by atoms with E-state index in [1.54, 1.807) is 31.2 Å². The van der Waals surface area contributed by atoms with E-state index in [0.29, 0.717) is 30.4 Å². The van der Waals surface area contributed by atoms with Gasteiger partial charge in [0.05, 0.1) is 5.02 Å². The minimum absolute atomic E-state index is 0.0768. The Balaban J connectivity index is 1.33. The monoisotopic (exact) mass is 439 g/mol. The highest BCUT2D eigenvalue weighted by Crippen LogP contribution is 2.35.